The summed E-state index contributed by atoms with van der Waals surface area (Å²) in [7, 11) is 0. The molecule has 5 nitrogen and oxygen atoms in total. The van der Waals surface area contributed by atoms with E-state index in [1.807, 2.05) is 0 Å². The van der Waals surface area contributed by atoms with Crippen LogP contribution in [0.15, 0.2) is 24.3 Å². The molecule has 1 aromatic rings. The Morgan fingerprint density at radius 3 is 2.33 bits per heavy atom. The van der Waals surface area contributed by atoms with E-state index in [0.29, 0.717) is 12.5 Å². The number of hydrogen-bond acceptors (Lipinski definition) is 3. The van der Waals surface area contributed by atoms with Gasteiger partial charge in [0.1, 0.15) is 0 Å². The molecular formula is C22H31N3O2. The molecule has 4 rings (SSSR count). The van der Waals surface area contributed by atoms with Crippen LogP contribution in [0, 0.1) is 17.8 Å². The van der Waals surface area contributed by atoms with E-state index in [1.165, 1.54) is 11.3 Å². The van der Waals surface area contributed by atoms with Gasteiger partial charge < -0.3 is 15.5 Å². The van der Waals surface area contributed by atoms with Crippen LogP contribution in [0.4, 0.5) is 5.69 Å². The third-order valence-corrected chi connectivity index (χ3v) is 6.39. The maximum Gasteiger partial charge on any atom is 0.223 e. The number of nitrogens with zero attached hydrogens (tertiary/aromatic N) is 1. The minimum atomic E-state index is 0.145. The zero-order valence-corrected chi connectivity index (χ0v) is 16.1. The molecule has 1 heterocycles. The van der Waals surface area contributed by atoms with Gasteiger partial charge in [-0.3, -0.25) is 9.59 Å². The molecular weight excluding hydrogens is 338 g/mol. The van der Waals surface area contributed by atoms with Crippen LogP contribution in [0.25, 0.3) is 0 Å². The van der Waals surface area contributed by atoms with E-state index in [-0.39, 0.29) is 23.7 Å². The second-order valence-electron chi connectivity index (χ2n) is 8.39. The zero-order valence-electron chi connectivity index (χ0n) is 16.1. The Labute approximate surface area is 161 Å². The van der Waals surface area contributed by atoms with Crippen molar-refractivity contribution in [2.24, 2.45) is 17.8 Å². The Bertz CT molecular complexity index is 678. The van der Waals surface area contributed by atoms with Crippen molar-refractivity contribution in [2.75, 3.05) is 31.1 Å². The standard InChI is InChI=1S/C22H31N3O2/c26-21(23-12-14-25-13-11-17-3-1-2-4-20(17)25)18-7-5-16(6-8-18)15-24-22(27)19-9-10-19/h1-4,16,18-19H,5-15H2,(H,23,26)(H,24,27). The van der Waals surface area contributed by atoms with Crippen LogP contribution in [0.2, 0.25) is 0 Å². The highest BCUT2D eigenvalue weighted by Crippen LogP contribution is 2.31. The normalized spacial score (nSPS) is 24.4. The lowest BCUT2D eigenvalue weighted by Crippen LogP contribution is -2.39. The van der Waals surface area contributed by atoms with E-state index < -0.39 is 0 Å². The van der Waals surface area contributed by atoms with Gasteiger partial charge in [0.15, 0.2) is 0 Å². The van der Waals surface area contributed by atoms with Crippen molar-refractivity contribution in [2.45, 2.75) is 44.9 Å². The zero-order chi connectivity index (χ0) is 18.6. The average molecular weight is 370 g/mol. The average Bonchev–Trinajstić information content (AvgIpc) is 3.48. The molecule has 0 spiro atoms. The first-order valence-electron chi connectivity index (χ1n) is 10.6. The molecule has 0 saturated heterocycles. The lowest BCUT2D eigenvalue weighted by molar-refractivity contribution is -0.126. The number of fused-ring (bicyclic) bond motifs is 1. The number of hydrogen-bond donors (Lipinski definition) is 2. The van der Waals surface area contributed by atoms with Crippen molar-refractivity contribution in [1.29, 1.82) is 0 Å². The van der Waals surface area contributed by atoms with Gasteiger partial charge in [-0.05, 0) is 62.5 Å². The van der Waals surface area contributed by atoms with E-state index in [4.69, 9.17) is 0 Å². The van der Waals surface area contributed by atoms with Gasteiger partial charge in [-0.25, -0.2) is 0 Å². The van der Waals surface area contributed by atoms with Crippen molar-refractivity contribution >= 4 is 17.5 Å². The first-order chi connectivity index (χ1) is 13.2. The summed E-state index contributed by atoms with van der Waals surface area (Å²) in [5.74, 6) is 1.42. The predicted molar refractivity (Wildman–Crippen MR) is 107 cm³/mol. The summed E-state index contributed by atoms with van der Waals surface area (Å²) >= 11 is 0. The number of anilines is 1. The molecule has 0 aromatic heterocycles. The Hall–Kier alpha value is -2.04. The fraction of sp³-hybridized carbons (Fsp3) is 0.636. The smallest absolute Gasteiger partial charge is 0.223 e. The van der Waals surface area contributed by atoms with Crippen LogP contribution in [-0.4, -0.2) is 38.0 Å². The monoisotopic (exact) mass is 369 g/mol. The number of para-hydroxylation sites is 1. The summed E-state index contributed by atoms with van der Waals surface area (Å²) in [4.78, 5) is 26.6. The molecule has 2 N–H and O–H groups in total. The highest BCUT2D eigenvalue weighted by Gasteiger charge is 2.31. The quantitative estimate of drug-likeness (QED) is 0.776. The number of carbonyl (C=O) groups excluding carboxylic acids is 2. The summed E-state index contributed by atoms with van der Waals surface area (Å²) in [5, 5.41) is 6.24. The second-order valence-corrected chi connectivity index (χ2v) is 8.39. The molecule has 0 bridgehead atoms. The summed E-state index contributed by atoms with van der Waals surface area (Å²) < 4.78 is 0. The van der Waals surface area contributed by atoms with Gasteiger partial charge >= 0.3 is 0 Å². The van der Waals surface area contributed by atoms with Crippen molar-refractivity contribution < 1.29 is 9.59 Å². The molecule has 3 aliphatic rings. The number of amides is 2. The summed E-state index contributed by atoms with van der Waals surface area (Å²) in [5.41, 5.74) is 2.73. The number of benzene rings is 1. The Balaban J connectivity index is 1.13. The molecule has 5 heteroatoms. The molecule has 2 saturated carbocycles. The lowest BCUT2D eigenvalue weighted by atomic mass is 9.81. The molecule has 0 radical (unpaired) electrons. The number of nitrogens with one attached hydrogen (secondary N) is 2. The fourth-order valence-corrected chi connectivity index (χ4v) is 4.46. The SMILES string of the molecule is O=C(NCCN1CCc2ccccc21)C1CCC(CNC(=O)C2CC2)CC1. The van der Waals surface area contributed by atoms with Crippen LogP contribution in [0.3, 0.4) is 0 Å². The lowest BCUT2D eigenvalue weighted by Gasteiger charge is -2.28. The maximum absolute atomic E-state index is 12.5. The first-order valence-corrected chi connectivity index (χ1v) is 10.6. The topological polar surface area (TPSA) is 61.4 Å². The van der Waals surface area contributed by atoms with E-state index in [0.717, 1.165) is 64.6 Å². The fourth-order valence-electron chi connectivity index (χ4n) is 4.46. The van der Waals surface area contributed by atoms with Gasteiger partial charge in [0.2, 0.25) is 11.8 Å². The van der Waals surface area contributed by atoms with Crippen LogP contribution in [0.5, 0.6) is 0 Å². The van der Waals surface area contributed by atoms with Gasteiger partial charge in [0.25, 0.3) is 0 Å². The molecule has 2 aliphatic carbocycles. The van der Waals surface area contributed by atoms with E-state index in [9.17, 15) is 9.59 Å². The first kappa shape index (κ1) is 18.3. The van der Waals surface area contributed by atoms with Crippen molar-refractivity contribution in [3.8, 4) is 0 Å². The van der Waals surface area contributed by atoms with E-state index in [1.54, 1.807) is 0 Å². The van der Waals surface area contributed by atoms with Crippen LogP contribution in [0.1, 0.15) is 44.1 Å². The highest BCUT2D eigenvalue weighted by molar-refractivity contribution is 5.80. The van der Waals surface area contributed by atoms with Gasteiger partial charge in [-0.2, -0.15) is 0 Å². The van der Waals surface area contributed by atoms with Gasteiger partial charge in [-0.15, -0.1) is 0 Å². The molecule has 2 fully saturated rings. The third kappa shape index (κ3) is 4.63. The molecule has 1 aliphatic heterocycles. The second kappa shape index (κ2) is 8.32. The van der Waals surface area contributed by atoms with Crippen LogP contribution in [-0.2, 0) is 16.0 Å². The van der Waals surface area contributed by atoms with Crippen molar-refractivity contribution in [3.05, 3.63) is 29.8 Å². The molecule has 2 amide bonds. The summed E-state index contributed by atoms with van der Waals surface area (Å²) in [6, 6.07) is 8.55. The molecule has 0 unspecified atom stereocenters. The van der Waals surface area contributed by atoms with E-state index >= 15 is 0 Å². The molecule has 1 aromatic carbocycles. The Morgan fingerprint density at radius 1 is 0.926 bits per heavy atom. The van der Waals surface area contributed by atoms with Crippen LogP contribution >= 0.6 is 0 Å². The van der Waals surface area contributed by atoms with Crippen molar-refractivity contribution in [1.82, 2.24) is 10.6 Å². The Morgan fingerprint density at radius 2 is 1.59 bits per heavy atom. The van der Waals surface area contributed by atoms with E-state index in [2.05, 4.69) is 39.8 Å². The maximum atomic E-state index is 12.5. The van der Waals surface area contributed by atoms with Crippen LogP contribution < -0.4 is 15.5 Å². The molecule has 0 atom stereocenters. The summed E-state index contributed by atoms with van der Waals surface area (Å²) in [6.45, 7) is 3.43. The van der Waals surface area contributed by atoms with Crippen molar-refractivity contribution in [3.63, 3.8) is 0 Å². The predicted octanol–water partition coefficient (Wildman–Crippen LogP) is 2.50. The minimum absolute atomic E-state index is 0.145. The minimum Gasteiger partial charge on any atom is -0.369 e. The third-order valence-electron chi connectivity index (χ3n) is 6.39. The van der Waals surface area contributed by atoms with Gasteiger partial charge in [0, 0.05) is 43.7 Å². The Kier molecular flexibility index (Phi) is 5.65. The molecule has 27 heavy (non-hydrogen) atoms. The molecule has 146 valence electrons. The number of rotatable bonds is 7. The van der Waals surface area contributed by atoms with Gasteiger partial charge in [0.05, 0.1) is 0 Å². The summed E-state index contributed by atoms with van der Waals surface area (Å²) in [6.07, 6.45) is 7.20. The highest BCUT2D eigenvalue weighted by atomic mass is 16.2. The number of carbonyl (C=O) groups is 2. The van der Waals surface area contributed by atoms with Gasteiger partial charge in [-0.1, -0.05) is 18.2 Å². The largest absolute Gasteiger partial charge is 0.369 e.